The van der Waals surface area contributed by atoms with E-state index in [0.29, 0.717) is 11.4 Å². The number of sulfonamides is 1. The normalized spacial score (nSPS) is 12.1. The molecule has 0 heterocycles. The highest BCUT2D eigenvalue weighted by atomic mass is 35.5. The summed E-state index contributed by atoms with van der Waals surface area (Å²) >= 11 is 6.01. The van der Waals surface area contributed by atoms with E-state index in [1.165, 1.54) is 32.4 Å². The monoisotopic (exact) mass is 474 g/mol. The van der Waals surface area contributed by atoms with E-state index in [1.54, 1.807) is 24.3 Å². The number of nitrogens with one attached hydrogen (secondary N) is 2. The molecule has 0 bridgehead atoms. The summed E-state index contributed by atoms with van der Waals surface area (Å²) in [6, 6.07) is 19.1. The summed E-state index contributed by atoms with van der Waals surface area (Å²) in [5, 5.41) is 2.97. The first kappa shape index (κ1) is 23.6. The van der Waals surface area contributed by atoms with E-state index in [1.807, 2.05) is 30.3 Å². The van der Waals surface area contributed by atoms with Crippen LogP contribution in [0.15, 0.2) is 77.7 Å². The first-order valence-electron chi connectivity index (χ1n) is 9.67. The summed E-state index contributed by atoms with van der Waals surface area (Å²) in [6.45, 7) is 0. The molecule has 168 valence electrons. The number of methoxy groups -OCH3 is 2. The topological polar surface area (TPSA) is 93.7 Å². The molecule has 3 rings (SSSR count). The quantitative estimate of drug-likeness (QED) is 0.490. The molecule has 1 amide bonds. The number of anilines is 1. The molecule has 0 aromatic heterocycles. The number of para-hydroxylation sites is 2. The minimum absolute atomic E-state index is 0.116. The smallest absolute Gasteiger partial charge is 0.245 e. The molecule has 0 aliphatic heterocycles. The molecule has 0 radical (unpaired) electrons. The molecule has 3 aromatic rings. The fourth-order valence-electron chi connectivity index (χ4n) is 3.12. The van der Waals surface area contributed by atoms with E-state index in [9.17, 15) is 13.2 Å². The van der Waals surface area contributed by atoms with Crippen LogP contribution in [0.2, 0.25) is 5.02 Å². The molecule has 0 saturated heterocycles. The minimum atomic E-state index is -4.15. The zero-order valence-corrected chi connectivity index (χ0v) is 19.1. The van der Waals surface area contributed by atoms with Gasteiger partial charge in [-0.15, -0.1) is 0 Å². The Hall–Kier alpha value is -3.07. The van der Waals surface area contributed by atoms with Crippen molar-refractivity contribution >= 4 is 33.2 Å². The average Bonchev–Trinajstić information content (AvgIpc) is 2.79. The molecule has 0 fully saturated rings. The number of hydrogen-bond acceptors (Lipinski definition) is 5. The van der Waals surface area contributed by atoms with E-state index in [-0.39, 0.29) is 22.1 Å². The fourth-order valence-corrected chi connectivity index (χ4v) is 4.74. The summed E-state index contributed by atoms with van der Waals surface area (Å²) in [6.07, 6.45) is 0.129. The van der Waals surface area contributed by atoms with E-state index < -0.39 is 22.0 Å². The van der Waals surface area contributed by atoms with Crippen molar-refractivity contribution in [3.63, 3.8) is 0 Å². The predicted octanol–water partition coefficient (Wildman–Crippen LogP) is 3.89. The molecular formula is C23H23ClN2O5S. The maximum Gasteiger partial charge on any atom is 0.245 e. The number of rotatable bonds is 9. The van der Waals surface area contributed by atoms with E-state index >= 15 is 0 Å². The molecule has 32 heavy (non-hydrogen) atoms. The second-order valence-electron chi connectivity index (χ2n) is 6.85. The van der Waals surface area contributed by atoms with Gasteiger partial charge in [-0.2, -0.15) is 4.72 Å². The van der Waals surface area contributed by atoms with E-state index in [2.05, 4.69) is 10.0 Å². The van der Waals surface area contributed by atoms with E-state index in [4.69, 9.17) is 21.1 Å². The summed E-state index contributed by atoms with van der Waals surface area (Å²) < 4.78 is 39.3. The maximum absolute atomic E-state index is 13.2. The van der Waals surface area contributed by atoms with Crippen LogP contribution in [0, 0.1) is 0 Å². The minimum Gasteiger partial charge on any atom is -0.495 e. The molecule has 0 aliphatic rings. The first-order chi connectivity index (χ1) is 15.3. The third kappa shape index (κ3) is 5.79. The van der Waals surface area contributed by atoms with Crippen molar-refractivity contribution in [1.29, 1.82) is 0 Å². The van der Waals surface area contributed by atoms with Crippen LogP contribution in [0.4, 0.5) is 5.69 Å². The van der Waals surface area contributed by atoms with Crippen molar-refractivity contribution < 1.29 is 22.7 Å². The maximum atomic E-state index is 13.2. The van der Waals surface area contributed by atoms with Gasteiger partial charge in [0.2, 0.25) is 15.9 Å². The molecule has 0 saturated carbocycles. The van der Waals surface area contributed by atoms with Crippen molar-refractivity contribution in [2.45, 2.75) is 17.4 Å². The molecule has 9 heteroatoms. The van der Waals surface area contributed by atoms with Gasteiger partial charge in [-0.1, -0.05) is 54.1 Å². The highest BCUT2D eigenvalue weighted by Gasteiger charge is 2.29. The molecule has 3 aromatic carbocycles. The number of carbonyl (C=O) groups is 1. The largest absolute Gasteiger partial charge is 0.495 e. The number of halogens is 1. The second-order valence-corrected chi connectivity index (χ2v) is 8.97. The fraction of sp³-hybridized carbons (Fsp3) is 0.174. The Morgan fingerprint density at radius 1 is 0.938 bits per heavy atom. The molecule has 1 atom stereocenters. The Kier molecular flexibility index (Phi) is 7.74. The van der Waals surface area contributed by atoms with E-state index in [0.717, 1.165) is 5.56 Å². The summed E-state index contributed by atoms with van der Waals surface area (Å²) in [4.78, 5) is 13.0. The molecular weight excluding hydrogens is 452 g/mol. The zero-order valence-electron chi connectivity index (χ0n) is 17.5. The van der Waals surface area contributed by atoms with Gasteiger partial charge in [0.15, 0.2) is 0 Å². The van der Waals surface area contributed by atoms with Gasteiger partial charge in [0.1, 0.15) is 22.4 Å². The van der Waals surface area contributed by atoms with Gasteiger partial charge in [-0.3, -0.25) is 4.79 Å². The third-order valence-corrected chi connectivity index (χ3v) is 6.40. The highest BCUT2D eigenvalue weighted by Crippen LogP contribution is 2.28. The lowest BCUT2D eigenvalue weighted by atomic mass is 10.1. The van der Waals surface area contributed by atoms with Crippen molar-refractivity contribution in [2.75, 3.05) is 19.5 Å². The van der Waals surface area contributed by atoms with Gasteiger partial charge in [0, 0.05) is 5.02 Å². The third-order valence-electron chi connectivity index (χ3n) is 4.68. The highest BCUT2D eigenvalue weighted by molar-refractivity contribution is 7.89. The predicted molar refractivity (Wildman–Crippen MR) is 124 cm³/mol. The Morgan fingerprint density at radius 2 is 1.59 bits per heavy atom. The van der Waals surface area contributed by atoms with Crippen molar-refractivity contribution in [3.05, 3.63) is 83.4 Å². The van der Waals surface area contributed by atoms with Gasteiger partial charge in [0.25, 0.3) is 0 Å². The van der Waals surface area contributed by atoms with Gasteiger partial charge in [-0.25, -0.2) is 8.42 Å². The molecule has 7 nitrogen and oxygen atoms in total. The van der Waals surface area contributed by atoms with Crippen LogP contribution >= 0.6 is 11.6 Å². The van der Waals surface area contributed by atoms with Crippen LogP contribution in [0.25, 0.3) is 0 Å². The molecule has 2 N–H and O–H groups in total. The number of ether oxygens (including phenoxy) is 2. The van der Waals surface area contributed by atoms with Crippen molar-refractivity contribution in [1.82, 2.24) is 4.72 Å². The van der Waals surface area contributed by atoms with Crippen LogP contribution in [0.1, 0.15) is 5.56 Å². The van der Waals surface area contributed by atoms with Gasteiger partial charge >= 0.3 is 0 Å². The van der Waals surface area contributed by atoms with Gasteiger partial charge < -0.3 is 14.8 Å². The standard InChI is InChI=1S/C23H23ClN2O5S/c1-30-20-11-7-6-10-18(20)25-23(27)19(14-16-8-4-3-5-9-16)26-32(28,29)22-15-17(24)12-13-21(22)31-2/h3-13,15,19,26H,14H2,1-2H3,(H,25,27)/t19-/m1/s1. The number of benzene rings is 3. The van der Waals surface area contributed by atoms with Crippen LogP contribution in [-0.4, -0.2) is 34.6 Å². The van der Waals surface area contributed by atoms with Crippen LogP contribution in [-0.2, 0) is 21.2 Å². The first-order valence-corrected chi connectivity index (χ1v) is 11.5. The van der Waals surface area contributed by atoms with Crippen LogP contribution < -0.4 is 19.5 Å². The molecule has 0 unspecified atom stereocenters. The number of carbonyl (C=O) groups excluding carboxylic acids is 1. The Morgan fingerprint density at radius 3 is 2.28 bits per heavy atom. The Balaban J connectivity index is 1.94. The van der Waals surface area contributed by atoms with Gasteiger partial charge in [-0.05, 0) is 42.3 Å². The van der Waals surface area contributed by atoms with Crippen LogP contribution in [0.5, 0.6) is 11.5 Å². The summed E-state index contributed by atoms with van der Waals surface area (Å²) in [5.41, 5.74) is 1.21. The number of amides is 1. The zero-order chi connectivity index (χ0) is 23.1. The Labute approximate surface area is 192 Å². The summed E-state index contributed by atoms with van der Waals surface area (Å²) in [7, 11) is -1.30. The lowest BCUT2D eigenvalue weighted by Crippen LogP contribution is -2.45. The lowest BCUT2D eigenvalue weighted by molar-refractivity contribution is -0.117. The van der Waals surface area contributed by atoms with Crippen LogP contribution in [0.3, 0.4) is 0 Å². The Bertz CT molecular complexity index is 1190. The number of hydrogen-bond donors (Lipinski definition) is 2. The van der Waals surface area contributed by atoms with Crippen molar-refractivity contribution in [3.8, 4) is 11.5 Å². The SMILES string of the molecule is COc1ccccc1NC(=O)[C@@H](Cc1ccccc1)NS(=O)(=O)c1cc(Cl)ccc1OC. The second kappa shape index (κ2) is 10.5. The molecule has 0 aliphatic carbocycles. The molecule has 0 spiro atoms. The van der Waals surface area contributed by atoms with Crippen molar-refractivity contribution in [2.24, 2.45) is 0 Å². The lowest BCUT2D eigenvalue weighted by Gasteiger charge is -2.20. The average molecular weight is 475 g/mol. The summed E-state index contributed by atoms with van der Waals surface area (Å²) in [5.74, 6) is 0.0344. The van der Waals surface area contributed by atoms with Gasteiger partial charge in [0.05, 0.1) is 19.9 Å².